The maximum atomic E-state index is 12.4. The number of nitrogens with one attached hydrogen (secondary N) is 2. The van der Waals surface area contributed by atoms with Gasteiger partial charge in [-0.3, -0.25) is 14.3 Å². The van der Waals surface area contributed by atoms with Crippen LogP contribution in [0.25, 0.3) is 0 Å². The fraction of sp³-hybridized carbons (Fsp3) is 0.148. The summed E-state index contributed by atoms with van der Waals surface area (Å²) in [6.45, 7) is 0.389. The number of amides is 2. The molecule has 0 atom stereocenters. The molecule has 1 heterocycles. The van der Waals surface area contributed by atoms with Crippen molar-refractivity contribution in [2.75, 3.05) is 11.9 Å². The van der Waals surface area contributed by atoms with Crippen LogP contribution in [0.15, 0.2) is 97.3 Å². The molecule has 0 aliphatic heterocycles. The minimum Gasteiger partial charge on any atom is -0.483 e. The van der Waals surface area contributed by atoms with Crippen LogP contribution < -0.4 is 15.4 Å². The van der Waals surface area contributed by atoms with Crippen molar-refractivity contribution in [1.82, 2.24) is 15.1 Å². The topological polar surface area (TPSA) is 85.3 Å². The van der Waals surface area contributed by atoms with Gasteiger partial charge in [0.05, 0.1) is 0 Å². The van der Waals surface area contributed by atoms with Crippen LogP contribution >= 0.6 is 0 Å². The molecule has 0 radical (unpaired) electrons. The summed E-state index contributed by atoms with van der Waals surface area (Å²) in [6.07, 6.45) is 4.09. The summed E-state index contributed by atoms with van der Waals surface area (Å²) in [5, 5.41) is 9.73. The van der Waals surface area contributed by atoms with Crippen LogP contribution in [0.3, 0.4) is 0 Å². The third-order valence-corrected chi connectivity index (χ3v) is 5.13. The summed E-state index contributed by atoms with van der Waals surface area (Å²) in [5.41, 5.74) is 3.74. The predicted molar refractivity (Wildman–Crippen MR) is 130 cm³/mol. The number of nitrogens with zero attached hydrogens (tertiary/aromatic N) is 2. The Morgan fingerprint density at radius 2 is 1.65 bits per heavy atom. The van der Waals surface area contributed by atoms with Crippen molar-refractivity contribution in [2.45, 2.75) is 19.5 Å². The van der Waals surface area contributed by atoms with Crippen molar-refractivity contribution in [3.63, 3.8) is 0 Å². The number of carbonyl (C=O) groups is 2. The monoisotopic (exact) mass is 454 g/mol. The Morgan fingerprint density at radius 1 is 0.853 bits per heavy atom. The zero-order chi connectivity index (χ0) is 23.6. The Balaban J connectivity index is 1.26. The van der Waals surface area contributed by atoms with Crippen LogP contribution in [-0.2, 0) is 29.1 Å². The molecule has 3 aromatic carbocycles. The van der Waals surface area contributed by atoms with Gasteiger partial charge in [-0.15, -0.1) is 0 Å². The molecule has 7 heteroatoms. The SMILES string of the molecule is O=C(COc1ccccc1Cc1ccccc1)NCc1cccc(NC(=O)Cn2cccn2)c1. The molecule has 0 aliphatic carbocycles. The lowest BCUT2D eigenvalue weighted by Crippen LogP contribution is -2.28. The molecule has 0 fully saturated rings. The van der Waals surface area contributed by atoms with Crippen molar-refractivity contribution in [2.24, 2.45) is 0 Å². The minimum atomic E-state index is -0.220. The van der Waals surface area contributed by atoms with E-state index in [-0.39, 0.29) is 25.0 Å². The molecular formula is C27H26N4O3. The summed E-state index contributed by atoms with van der Waals surface area (Å²) in [5.74, 6) is 0.304. The average molecular weight is 455 g/mol. The van der Waals surface area contributed by atoms with Crippen LogP contribution in [0.5, 0.6) is 5.75 Å². The number of carbonyl (C=O) groups excluding carboxylic acids is 2. The number of ether oxygens (including phenoxy) is 1. The summed E-state index contributed by atoms with van der Waals surface area (Å²) < 4.78 is 7.36. The summed E-state index contributed by atoms with van der Waals surface area (Å²) in [7, 11) is 0. The number of hydrogen-bond acceptors (Lipinski definition) is 4. The van der Waals surface area contributed by atoms with E-state index in [1.807, 2.05) is 60.7 Å². The van der Waals surface area contributed by atoms with Crippen LogP contribution in [0.2, 0.25) is 0 Å². The highest BCUT2D eigenvalue weighted by Gasteiger charge is 2.09. The molecule has 2 amide bonds. The highest BCUT2D eigenvalue weighted by atomic mass is 16.5. The van der Waals surface area contributed by atoms with Crippen LogP contribution in [-0.4, -0.2) is 28.2 Å². The molecule has 4 rings (SSSR count). The van der Waals surface area contributed by atoms with Crippen molar-refractivity contribution < 1.29 is 14.3 Å². The molecule has 7 nitrogen and oxygen atoms in total. The first-order chi connectivity index (χ1) is 16.7. The van der Waals surface area contributed by atoms with Gasteiger partial charge in [-0.1, -0.05) is 60.7 Å². The quantitative estimate of drug-likeness (QED) is 0.382. The Hall–Kier alpha value is -4.39. The molecular weight excluding hydrogens is 428 g/mol. The Kier molecular flexibility index (Phi) is 7.69. The molecule has 0 bridgehead atoms. The number of benzene rings is 3. The van der Waals surface area contributed by atoms with Gasteiger partial charge < -0.3 is 15.4 Å². The molecule has 34 heavy (non-hydrogen) atoms. The lowest BCUT2D eigenvalue weighted by Gasteiger charge is -2.12. The molecule has 0 saturated heterocycles. The number of para-hydroxylation sites is 1. The zero-order valence-electron chi connectivity index (χ0n) is 18.7. The smallest absolute Gasteiger partial charge is 0.258 e. The van der Waals surface area contributed by atoms with E-state index in [0.717, 1.165) is 17.5 Å². The van der Waals surface area contributed by atoms with E-state index in [2.05, 4.69) is 27.9 Å². The third-order valence-electron chi connectivity index (χ3n) is 5.13. The van der Waals surface area contributed by atoms with Gasteiger partial charge in [0.1, 0.15) is 12.3 Å². The van der Waals surface area contributed by atoms with Gasteiger partial charge in [0.25, 0.3) is 5.91 Å². The van der Waals surface area contributed by atoms with Crippen molar-refractivity contribution >= 4 is 17.5 Å². The fourth-order valence-electron chi connectivity index (χ4n) is 3.50. The van der Waals surface area contributed by atoms with Gasteiger partial charge in [-0.2, -0.15) is 5.10 Å². The van der Waals surface area contributed by atoms with E-state index < -0.39 is 0 Å². The van der Waals surface area contributed by atoms with Gasteiger partial charge in [0.15, 0.2) is 6.61 Å². The first kappa shape index (κ1) is 22.8. The first-order valence-corrected chi connectivity index (χ1v) is 11.0. The maximum absolute atomic E-state index is 12.4. The summed E-state index contributed by atoms with van der Waals surface area (Å²) in [4.78, 5) is 24.5. The maximum Gasteiger partial charge on any atom is 0.258 e. The number of rotatable bonds is 10. The highest BCUT2D eigenvalue weighted by molar-refractivity contribution is 5.90. The Morgan fingerprint density at radius 3 is 2.47 bits per heavy atom. The van der Waals surface area contributed by atoms with E-state index in [9.17, 15) is 9.59 Å². The van der Waals surface area contributed by atoms with Gasteiger partial charge in [0.2, 0.25) is 5.91 Å². The van der Waals surface area contributed by atoms with E-state index in [4.69, 9.17) is 4.74 Å². The van der Waals surface area contributed by atoms with Crippen molar-refractivity contribution in [3.05, 3.63) is 114 Å². The van der Waals surface area contributed by atoms with E-state index in [1.165, 1.54) is 5.56 Å². The minimum absolute atomic E-state index is 0.0773. The first-order valence-electron chi connectivity index (χ1n) is 11.0. The van der Waals surface area contributed by atoms with Crippen LogP contribution in [0.1, 0.15) is 16.7 Å². The molecule has 1 aromatic heterocycles. The molecule has 172 valence electrons. The number of anilines is 1. The van der Waals surface area contributed by atoms with E-state index in [1.54, 1.807) is 29.2 Å². The largest absolute Gasteiger partial charge is 0.483 e. The van der Waals surface area contributed by atoms with Crippen LogP contribution in [0, 0.1) is 0 Å². The number of aromatic nitrogens is 2. The standard InChI is InChI=1S/C27H26N4O3/c32-26(19-31-15-7-14-29-31)30-24-12-6-10-22(17-24)18-28-27(33)20-34-25-13-5-4-11-23(25)16-21-8-2-1-3-9-21/h1-15,17H,16,18-20H2,(H,28,33)(H,30,32). The molecule has 4 aromatic rings. The predicted octanol–water partition coefficient (Wildman–Crippen LogP) is 3.81. The second kappa shape index (κ2) is 11.5. The average Bonchev–Trinajstić information content (AvgIpc) is 3.36. The van der Waals surface area contributed by atoms with Gasteiger partial charge >= 0.3 is 0 Å². The molecule has 0 aliphatic rings. The van der Waals surface area contributed by atoms with Crippen molar-refractivity contribution in [3.8, 4) is 5.75 Å². The van der Waals surface area contributed by atoms with Crippen molar-refractivity contribution in [1.29, 1.82) is 0 Å². The van der Waals surface area contributed by atoms with Crippen LogP contribution in [0.4, 0.5) is 5.69 Å². The third kappa shape index (κ3) is 6.80. The van der Waals surface area contributed by atoms with Gasteiger partial charge in [-0.05, 0) is 41.0 Å². The van der Waals surface area contributed by atoms with E-state index >= 15 is 0 Å². The van der Waals surface area contributed by atoms with E-state index in [0.29, 0.717) is 18.0 Å². The fourth-order valence-corrected chi connectivity index (χ4v) is 3.50. The second-order valence-electron chi connectivity index (χ2n) is 7.79. The second-order valence-corrected chi connectivity index (χ2v) is 7.79. The highest BCUT2D eigenvalue weighted by Crippen LogP contribution is 2.21. The summed E-state index contributed by atoms with van der Waals surface area (Å²) in [6, 6.07) is 27.0. The lowest BCUT2D eigenvalue weighted by molar-refractivity contribution is -0.123. The zero-order valence-corrected chi connectivity index (χ0v) is 18.7. The molecule has 0 spiro atoms. The lowest BCUT2D eigenvalue weighted by atomic mass is 10.0. The van der Waals surface area contributed by atoms with Gasteiger partial charge in [0, 0.05) is 31.0 Å². The number of hydrogen-bond donors (Lipinski definition) is 2. The molecule has 0 saturated carbocycles. The summed E-state index contributed by atoms with van der Waals surface area (Å²) >= 11 is 0. The molecule has 0 unspecified atom stereocenters. The molecule has 2 N–H and O–H groups in total. The normalized spacial score (nSPS) is 10.5. The van der Waals surface area contributed by atoms with Gasteiger partial charge in [-0.25, -0.2) is 0 Å². The Bertz CT molecular complexity index is 1220. The Labute approximate surface area is 198 Å².